The van der Waals surface area contributed by atoms with Crippen LogP contribution in [0.1, 0.15) is 46.2 Å². The molecule has 3 N–H and O–H groups in total. The highest BCUT2D eigenvalue weighted by molar-refractivity contribution is 5.95. The van der Waals surface area contributed by atoms with Gasteiger partial charge in [-0.25, -0.2) is 4.79 Å². The summed E-state index contributed by atoms with van der Waals surface area (Å²) >= 11 is 0. The van der Waals surface area contributed by atoms with E-state index in [2.05, 4.69) is 10.3 Å². The van der Waals surface area contributed by atoms with Gasteiger partial charge in [-0.3, -0.25) is 10.3 Å². The van der Waals surface area contributed by atoms with Crippen molar-refractivity contribution in [1.29, 1.82) is 0 Å². The highest BCUT2D eigenvalue weighted by Gasteiger charge is 2.33. The first-order valence-electron chi connectivity index (χ1n) is 7.93. The number of hydrogen-bond acceptors (Lipinski definition) is 6. The SMILES string of the molecule is CC(C)N1C(NC(=O)OC(C)(C)C)=NCC1c1ccc(O)c(O)c1. The van der Waals surface area contributed by atoms with Gasteiger partial charge in [-0.2, -0.15) is 0 Å². The van der Waals surface area contributed by atoms with Gasteiger partial charge in [0.15, 0.2) is 11.5 Å². The number of guanidine groups is 1. The van der Waals surface area contributed by atoms with Crippen molar-refractivity contribution in [3.8, 4) is 11.5 Å². The van der Waals surface area contributed by atoms with Gasteiger partial charge in [-0.15, -0.1) is 0 Å². The highest BCUT2D eigenvalue weighted by atomic mass is 16.6. The lowest BCUT2D eigenvalue weighted by atomic mass is 10.0. The first-order chi connectivity index (χ1) is 11.1. The molecular weight excluding hydrogens is 310 g/mol. The smallest absolute Gasteiger partial charge is 0.414 e. The molecule has 1 atom stereocenters. The zero-order valence-corrected chi connectivity index (χ0v) is 14.7. The van der Waals surface area contributed by atoms with Crippen molar-refractivity contribution in [1.82, 2.24) is 10.2 Å². The van der Waals surface area contributed by atoms with Crippen LogP contribution in [-0.4, -0.2) is 45.4 Å². The molecule has 1 aliphatic rings. The highest BCUT2D eigenvalue weighted by Crippen LogP contribution is 2.33. The van der Waals surface area contributed by atoms with E-state index >= 15 is 0 Å². The van der Waals surface area contributed by atoms with E-state index in [4.69, 9.17) is 4.74 Å². The maximum Gasteiger partial charge on any atom is 0.414 e. The summed E-state index contributed by atoms with van der Waals surface area (Å²) < 4.78 is 5.27. The number of aromatic hydroxyl groups is 2. The van der Waals surface area contributed by atoms with E-state index in [0.717, 1.165) is 5.56 Å². The molecule has 0 fully saturated rings. The molecule has 132 valence electrons. The van der Waals surface area contributed by atoms with Crippen molar-refractivity contribution in [3.63, 3.8) is 0 Å². The molecule has 0 spiro atoms. The molecule has 1 aliphatic heterocycles. The molecule has 0 saturated heterocycles. The summed E-state index contributed by atoms with van der Waals surface area (Å²) in [5.41, 5.74) is 0.220. The number of benzene rings is 1. The van der Waals surface area contributed by atoms with E-state index in [0.29, 0.717) is 12.5 Å². The zero-order valence-electron chi connectivity index (χ0n) is 14.7. The number of aliphatic imine (C=N–C) groups is 1. The Kier molecular flexibility index (Phi) is 4.91. The number of nitrogens with zero attached hydrogens (tertiary/aromatic N) is 2. The van der Waals surface area contributed by atoms with Crippen LogP contribution in [-0.2, 0) is 4.74 Å². The van der Waals surface area contributed by atoms with Gasteiger partial charge in [0.1, 0.15) is 5.60 Å². The summed E-state index contributed by atoms with van der Waals surface area (Å²) in [4.78, 5) is 18.4. The minimum absolute atomic E-state index is 0.0714. The van der Waals surface area contributed by atoms with Crippen molar-refractivity contribution in [2.45, 2.75) is 52.3 Å². The summed E-state index contributed by atoms with van der Waals surface area (Å²) in [7, 11) is 0. The topological polar surface area (TPSA) is 94.4 Å². The molecule has 1 aromatic rings. The van der Waals surface area contributed by atoms with Gasteiger partial charge in [-0.05, 0) is 52.3 Å². The van der Waals surface area contributed by atoms with Gasteiger partial charge in [-0.1, -0.05) is 6.07 Å². The average Bonchev–Trinajstić information content (AvgIpc) is 2.83. The maximum absolute atomic E-state index is 12.0. The fourth-order valence-electron chi connectivity index (χ4n) is 2.61. The number of carbonyl (C=O) groups excluding carboxylic acids is 1. The number of phenols is 2. The Morgan fingerprint density at radius 1 is 1.33 bits per heavy atom. The standard InChI is InChI=1S/C17H25N3O4/c1-10(2)20-12(11-6-7-13(21)14(22)8-11)9-18-15(20)19-16(23)24-17(3,4)5/h6-8,10,12,21-22H,9H2,1-5H3,(H,18,19,23). The second-order valence-corrected chi connectivity index (χ2v) is 7.06. The molecule has 0 saturated carbocycles. The number of rotatable bonds is 2. The van der Waals surface area contributed by atoms with Crippen molar-refractivity contribution < 1.29 is 19.7 Å². The van der Waals surface area contributed by atoms with Crippen LogP contribution in [0.3, 0.4) is 0 Å². The molecule has 2 rings (SSSR count). The van der Waals surface area contributed by atoms with Crippen molar-refractivity contribution in [2.24, 2.45) is 4.99 Å². The minimum atomic E-state index is -0.589. The Morgan fingerprint density at radius 3 is 2.54 bits per heavy atom. The van der Waals surface area contributed by atoms with E-state index in [9.17, 15) is 15.0 Å². The predicted octanol–water partition coefficient (Wildman–Crippen LogP) is 2.74. The molecule has 7 heteroatoms. The van der Waals surface area contributed by atoms with E-state index in [1.165, 1.54) is 12.1 Å². The normalized spacial score (nSPS) is 17.8. The van der Waals surface area contributed by atoms with Gasteiger partial charge >= 0.3 is 6.09 Å². The van der Waals surface area contributed by atoms with Gasteiger partial charge in [0.25, 0.3) is 0 Å². The third kappa shape index (κ3) is 4.10. The van der Waals surface area contributed by atoms with E-state index in [1.54, 1.807) is 26.8 Å². The molecule has 1 aromatic carbocycles. The molecule has 1 heterocycles. The number of amides is 1. The molecule has 24 heavy (non-hydrogen) atoms. The van der Waals surface area contributed by atoms with E-state index in [-0.39, 0.29) is 23.6 Å². The second kappa shape index (κ2) is 6.59. The Morgan fingerprint density at radius 2 is 2.00 bits per heavy atom. The van der Waals surface area contributed by atoms with E-state index in [1.807, 2.05) is 18.7 Å². The number of phenolic OH excluding ortho intramolecular Hbond substituents is 2. The molecule has 0 aromatic heterocycles. The van der Waals surface area contributed by atoms with Crippen LogP contribution in [0.5, 0.6) is 11.5 Å². The first kappa shape index (κ1) is 17.9. The average molecular weight is 335 g/mol. The second-order valence-electron chi connectivity index (χ2n) is 7.06. The van der Waals surface area contributed by atoms with Crippen molar-refractivity contribution >= 4 is 12.1 Å². The monoisotopic (exact) mass is 335 g/mol. The fraction of sp³-hybridized carbons (Fsp3) is 0.529. The summed E-state index contributed by atoms with van der Waals surface area (Å²) in [6.07, 6.45) is -0.555. The summed E-state index contributed by atoms with van der Waals surface area (Å²) in [5.74, 6) is 0.0995. The molecule has 7 nitrogen and oxygen atoms in total. The molecule has 1 amide bonds. The minimum Gasteiger partial charge on any atom is -0.504 e. The lowest BCUT2D eigenvalue weighted by Crippen LogP contribution is -2.47. The molecule has 1 unspecified atom stereocenters. The number of hydrogen-bond donors (Lipinski definition) is 3. The number of alkyl carbamates (subject to hydrolysis) is 1. The largest absolute Gasteiger partial charge is 0.504 e. The molecule has 0 radical (unpaired) electrons. The van der Waals surface area contributed by atoms with Crippen LogP contribution in [0.15, 0.2) is 23.2 Å². The zero-order chi connectivity index (χ0) is 18.1. The van der Waals surface area contributed by atoms with Gasteiger partial charge in [0.2, 0.25) is 5.96 Å². The predicted molar refractivity (Wildman–Crippen MR) is 91.2 cm³/mol. The van der Waals surface area contributed by atoms with Gasteiger partial charge in [0.05, 0.1) is 12.6 Å². The fourth-order valence-corrected chi connectivity index (χ4v) is 2.61. The number of ether oxygens (including phenoxy) is 1. The lowest BCUT2D eigenvalue weighted by Gasteiger charge is -2.32. The van der Waals surface area contributed by atoms with Crippen LogP contribution in [0.25, 0.3) is 0 Å². The van der Waals surface area contributed by atoms with Crippen molar-refractivity contribution in [2.75, 3.05) is 6.54 Å². The van der Waals surface area contributed by atoms with Gasteiger partial charge < -0.3 is 19.8 Å². The van der Waals surface area contributed by atoms with E-state index < -0.39 is 11.7 Å². The first-order valence-corrected chi connectivity index (χ1v) is 7.93. The van der Waals surface area contributed by atoms with Crippen molar-refractivity contribution in [3.05, 3.63) is 23.8 Å². The summed E-state index contributed by atoms with van der Waals surface area (Å²) in [6.45, 7) is 9.81. The Hall–Kier alpha value is -2.44. The van der Waals surface area contributed by atoms with Crippen LogP contribution in [0.4, 0.5) is 4.79 Å². The number of nitrogens with one attached hydrogen (secondary N) is 1. The third-order valence-electron chi connectivity index (χ3n) is 3.55. The Bertz CT molecular complexity index is 650. The molecular formula is C17H25N3O4. The third-order valence-corrected chi connectivity index (χ3v) is 3.55. The molecule has 0 aliphatic carbocycles. The molecule has 0 bridgehead atoms. The van der Waals surface area contributed by atoms with Crippen LogP contribution < -0.4 is 5.32 Å². The summed E-state index contributed by atoms with van der Waals surface area (Å²) in [6, 6.07) is 4.63. The Balaban J connectivity index is 2.17. The summed E-state index contributed by atoms with van der Waals surface area (Å²) in [5, 5.41) is 21.9. The lowest BCUT2D eigenvalue weighted by molar-refractivity contribution is 0.0555. The quantitative estimate of drug-likeness (QED) is 0.723. The van der Waals surface area contributed by atoms with Gasteiger partial charge in [0, 0.05) is 6.04 Å². The number of carbonyl (C=O) groups is 1. The van der Waals surface area contributed by atoms with Crippen LogP contribution in [0, 0.1) is 0 Å². The maximum atomic E-state index is 12.0. The van der Waals surface area contributed by atoms with Crippen LogP contribution in [0.2, 0.25) is 0 Å². The Labute approximate surface area is 142 Å². The van der Waals surface area contributed by atoms with Crippen LogP contribution >= 0.6 is 0 Å².